The van der Waals surface area contributed by atoms with Gasteiger partial charge in [0.15, 0.2) is 5.78 Å². The Balaban J connectivity index is 2.45. The molecule has 0 heterocycles. The van der Waals surface area contributed by atoms with Crippen LogP contribution in [0.25, 0.3) is 0 Å². The minimum atomic E-state index is -0.961. The number of carbonyl (C=O) groups excluding carboxylic acids is 2. The van der Waals surface area contributed by atoms with Gasteiger partial charge in [-0.05, 0) is 25.5 Å². The van der Waals surface area contributed by atoms with Crippen molar-refractivity contribution in [3.8, 4) is 0 Å². The smallest absolute Gasteiger partial charge is 0.305 e. The summed E-state index contributed by atoms with van der Waals surface area (Å²) >= 11 is 0. The first-order chi connectivity index (χ1) is 9.40. The van der Waals surface area contributed by atoms with Gasteiger partial charge in [-0.1, -0.05) is 17.7 Å². The Morgan fingerprint density at radius 3 is 2.45 bits per heavy atom. The van der Waals surface area contributed by atoms with E-state index in [1.165, 1.54) is 0 Å². The van der Waals surface area contributed by atoms with E-state index >= 15 is 0 Å². The van der Waals surface area contributed by atoms with E-state index in [1.54, 1.807) is 0 Å². The average Bonchev–Trinajstić information content (AvgIpc) is 2.38. The number of benzene rings is 1. The summed E-state index contributed by atoms with van der Waals surface area (Å²) in [5.74, 6) is -1.33. The van der Waals surface area contributed by atoms with E-state index < -0.39 is 5.97 Å². The zero-order valence-corrected chi connectivity index (χ0v) is 11.7. The van der Waals surface area contributed by atoms with Gasteiger partial charge in [0.05, 0.1) is 6.42 Å². The lowest BCUT2D eigenvalue weighted by Crippen LogP contribution is -2.26. The second-order valence-electron chi connectivity index (χ2n) is 4.74. The number of aryl methyl sites for hydroxylation is 2. The molecule has 0 saturated carbocycles. The van der Waals surface area contributed by atoms with Crippen LogP contribution in [0.15, 0.2) is 18.2 Å². The second kappa shape index (κ2) is 7.43. The van der Waals surface area contributed by atoms with Crippen LogP contribution in [-0.4, -0.2) is 29.3 Å². The van der Waals surface area contributed by atoms with E-state index in [-0.39, 0.29) is 37.5 Å². The van der Waals surface area contributed by atoms with Gasteiger partial charge in [0.2, 0.25) is 5.91 Å². The van der Waals surface area contributed by atoms with Gasteiger partial charge < -0.3 is 10.4 Å². The van der Waals surface area contributed by atoms with Gasteiger partial charge >= 0.3 is 5.97 Å². The molecule has 0 aliphatic carbocycles. The highest BCUT2D eigenvalue weighted by molar-refractivity contribution is 5.99. The van der Waals surface area contributed by atoms with Crippen molar-refractivity contribution in [1.29, 1.82) is 0 Å². The topological polar surface area (TPSA) is 83.5 Å². The molecule has 2 N–H and O–H groups in total. The summed E-state index contributed by atoms with van der Waals surface area (Å²) in [6, 6.07) is 5.64. The highest BCUT2D eigenvalue weighted by atomic mass is 16.4. The van der Waals surface area contributed by atoms with Gasteiger partial charge in [0.25, 0.3) is 0 Å². The maximum atomic E-state index is 12.0. The molecule has 0 bridgehead atoms. The first kappa shape index (κ1) is 15.9. The number of carboxylic acids is 1. The highest BCUT2D eigenvalue weighted by Gasteiger charge is 2.11. The fraction of sp³-hybridized carbons (Fsp3) is 0.400. The number of rotatable bonds is 7. The molecule has 0 fully saturated rings. The zero-order valence-electron chi connectivity index (χ0n) is 11.7. The molecule has 0 unspecified atom stereocenters. The first-order valence-corrected chi connectivity index (χ1v) is 6.49. The van der Waals surface area contributed by atoms with Crippen molar-refractivity contribution < 1.29 is 19.5 Å². The lowest BCUT2D eigenvalue weighted by atomic mass is 9.99. The van der Waals surface area contributed by atoms with Crippen LogP contribution in [0.5, 0.6) is 0 Å². The van der Waals surface area contributed by atoms with Crippen LogP contribution in [0.4, 0.5) is 0 Å². The predicted octanol–water partition coefficient (Wildman–Crippen LogP) is 1.86. The number of hydrogen-bond donors (Lipinski definition) is 2. The van der Waals surface area contributed by atoms with Gasteiger partial charge in [0.1, 0.15) is 0 Å². The summed E-state index contributed by atoms with van der Waals surface area (Å²) in [7, 11) is 0. The molecule has 5 heteroatoms. The maximum Gasteiger partial charge on any atom is 0.305 e. The molecule has 0 spiro atoms. The summed E-state index contributed by atoms with van der Waals surface area (Å²) in [5.41, 5.74) is 2.54. The fourth-order valence-corrected chi connectivity index (χ4v) is 1.80. The molecule has 1 rings (SSSR count). The highest BCUT2D eigenvalue weighted by Crippen LogP contribution is 2.13. The van der Waals surface area contributed by atoms with Crippen molar-refractivity contribution in [3.63, 3.8) is 0 Å². The molecule has 5 nitrogen and oxygen atoms in total. The number of nitrogens with one attached hydrogen (secondary N) is 1. The molecule has 1 aromatic carbocycles. The van der Waals surface area contributed by atoms with Crippen LogP contribution in [0.2, 0.25) is 0 Å². The number of carboxylic acid groups (broad SMARTS) is 1. The molecular weight excluding hydrogens is 258 g/mol. The van der Waals surface area contributed by atoms with Crippen molar-refractivity contribution in [2.75, 3.05) is 6.54 Å². The Morgan fingerprint density at radius 2 is 1.80 bits per heavy atom. The Bertz CT molecular complexity index is 523. The zero-order chi connectivity index (χ0) is 15.1. The summed E-state index contributed by atoms with van der Waals surface area (Å²) in [4.78, 5) is 33.8. The second-order valence-corrected chi connectivity index (χ2v) is 4.74. The minimum Gasteiger partial charge on any atom is -0.481 e. The Morgan fingerprint density at radius 1 is 1.10 bits per heavy atom. The van der Waals surface area contributed by atoms with Crippen LogP contribution in [0.3, 0.4) is 0 Å². The first-order valence-electron chi connectivity index (χ1n) is 6.49. The normalized spacial score (nSPS) is 10.1. The third-order valence-electron chi connectivity index (χ3n) is 2.93. The van der Waals surface area contributed by atoms with Crippen molar-refractivity contribution >= 4 is 17.7 Å². The third kappa shape index (κ3) is 5.22. The molecule has 20 heavy (non-hydrogen) atoms. The van der Waals surface area contributed by atoms with E-state index in [0.29, 0.717) is 5.56 Å². The number of amides is 1. The van der Waals surface area contributed by atoms with E-state index in [9.17, 15) is 14.4 Å². The van der Waals surface area contributed by atoms with Gasteiger partial charge in [-0.2, -0.15) is 0 Å². The Kier molecular flexibility index (Phi) is 5.90. The van der Waals surface area contributed by atoms with Crippen LogP contribution >= 0.6 is 0 Å². The molecule has 0 saturated heterocycles. The van der Waals surface area contributed by atoms with Crippen molar-refractivity contribution in [2.45, 2.75) is 33.1 Å². The molecule has 0 aliphatic rings. The summed E-state index contributed by atoms with van der Waals surface area (Å²) in [5, 5.41) is 10.9. The van der Waals surface area contributed by atoms with Crippen molar-refractivity contribution in [2.24, 2.45) is 0 Å². The predicted molar refractivity (Wildman–Crippen MR) is 74.7 cm³/mol. The monoisotopic (exact) mass is 277 g/mol. The van der Waals surface area contributed by atoms with E-state index in [2.05, 4.69) is 5.32 Å². The maximum absolute atomic E-state index is 12.0. The quantitative estimate of drug-likeness (QED) is 0.745. The molecule has 0 aliphatic heterocycles. The molecular formula is C15H19NO4. The minimum absolute atomic E-state index is 0.0698. The molecule has 1 aromatic rings. The summed E-state index contributed by atoms with van der Waals surface area (Å²) in [6.07, 6.45) is 0.0890. The van der Waals surface area contributed by atoms with E-state index in [4.69, 9.17) is 5.11 Å². The van der Waals surface area contributed by atoms with Crippen LogP contribution in [0.1, 0.15) is 40.7 Å². The standard InChI is InChI=1S/C15H19NO4/c1-10-3-4-11(2)12(9-10)13(17)5-6-14(18)16-8-7-15(19)20/h3-4,9H,5-8H2,1-2H3,(H,16,18)(H,19,20). The number of Topliss-reactive ketones (excluding diaryl/α,β-unsaturated/α-hetero) is 1. The van der Waals surface area contributed by atoms with Gasteiger partial charge in [-0.15, -0.1) is 0 Å². The SMILES string of the molecule is Cc1ccc(C)c(C(=O)CCC(=O)NCCC(=O)O)c1. The van der Waals surface area contributed by atoms with Crippen LogP contribution < -0.4 is 5.32 Å². The Hall–Kier alpha value is -2.17. The number of hydrogen-bond acceptors (Lipinski definition) is 3. The number of carbonyl (C=O) groups is 3. The third-order valence-corrected chi connectivity index (χ3v) is 2.93. The number of aliphatic carboxylic acids is 1. The largest absolute Gasteiger partial charge is 0.481 e. The molecule has 0 atom stereocenters. The van der Waals surface area contributed by atoms with E-state index in [1.807, 2.05) is 32.0 Å². The molecule has 1 amide bonds. The van der Waals surface area contributed by atoms with Crippen LogP contribution in [0, 0.1) is 13.8 Å². The summed E-state index contributed by atoms with van der Waals surface area (Å²) in [6.45, 7) is 3.86. The molecule has 0 aromatic heterocycles. The van der Waals surface area contributed by atoms with Crippen LogP contribution in [-0.2, 0) is 9.59 Å². The average molecular weight is 277 g/mol. The number of ketones is 1. The van der Waals surface area contributed by atoms with Crippen molar-refractivity contribution in [3.05, 3.63) is 34.9 Å². The van der Waals surface area contributed by atoms with Gasteiger partial charge in [-0.25, -0.2) is 0 Å². The van der Waals surface area contributed by atoms with Crippen molar-refractivity contribution in [1.82, 2.24) is 5.32 Å². The fourth-order valence-electron chi connectivity index (χ4n) is 1.80. The Labute approximate surface area is 118 Å². The van der Waals surface area contributed by atoms with Gasteiger partial charge in [0, 0.05) is 24.9 Å². The van der Waals surface area contributed by atoms with Gasteiger partial charge in [-0.3, -0.25) is 14.4 Å². The molecule has 108 valence electrons. The molecule has 0 radical (unpaired) electrons. The lowest BCUT2D eigenvalue weighted by Gasteiger charge is -2.06. The van der Waals surface area contributed by atoms with E-state index in [0.717, 1.165) is 11.1 Å². The lowest BCUT2D eigenvalue weighted by molar-refractivity contribution is -0.136. The summed E-state index contributed by atoms with van der Waals surface area (Å²) < 4.78 is 0.